The third kappa shape index (κ3) is 2.54. The number of hydrogen-bond acceptors (Lipinski definition) is 2. The minimum Gasteiger partial charge on any atom is -0.621 e. The third-order valence-corrected chi connectivity index (χ3v) is 4.78. The van der Waals surface area contributed by atoms with Crippen LogP contribution in [-0.2, 0) is 5.72 Å². The molecule has 1 N–H and O–H groups in total. The number of aryl methyl sites for hydroxylation is 1. The molecule has 0 aliphatic carbocycles. The standard InChI is InChI=1S/C23H19NO2/c1-17-12-14-19(15-13-17)22-16-21(18-8-4-2-5-9-18)23(25,24(22)26)20-10-6-3-7-11-20/h2-16,25H,1H3. The SMILES string of the molecule is Cc1ccc(C2=[N+]([O-])C(O)(c3ccccc3)C(c3ccccc3)=C2)cc1. The minimum atomic E-state index is -1.76. The summed E-state index contributed by atoms with van der Waals surface area (Å²) >= 11 is 0. The average Bonchev–Trinajstić information content (AvgIpc) is 2.96. The second kappa shape index (κ2) is 6.28. The zero-order valence-corrected chi connectivity index (χ0v) is 14.5. The first-order chi connectivity index (χ1) is 12.6. The molecule has 26 heavy (non-hydrogen) atoms. The van der Waals surface area contributed by atoms with Gasteiger partial charge in [-0.15, -0.1) is 0 Å². The fourth-order valence-electron chi connectivity index (χ4n) is 3.35. The first kappa shape index (κ1) is 16.3. The van der Waals surface area contributed by atoms with Gasteiger partial charge in [0.1, 0.15) is 0 Å². The third-order valence-electron chi connectivity index (χ3n) is 4.78. The zero-order valence-electron chi connectivity index (χ0n) is 14.5. The fourth-order valence-corrected chi connectivity index (χ4v) is 3.35. The summed E-state index contributed by atoms with van der Waals surface area (Å²) in [6.45, 7) is 2.00. The van der Waals surface area contributed by atoms with Gasteiger partial charge in [0.05, 0.1) is 11.1 Å². The van der Waals surface area contributed by atoms with Crippen LogP contribution in [0.15, 0.2) is 91.0 Å². The van der Waals surface area contributed by atoms with Crippen molar-refractivity contribution in [2.24, 2.45) is 0 Å². The van der Waals surface area contributed by atoms with Crippen LogP contribution in [0.3, 0.4) is 0 Å². The molecule has 4 rings (SSSR count). The molecule has 3 heteroatoms. The van der Waals surface area contributed by atoms with Crippen molar-refractivity contribution in [1.29, 1.82) is 0 Å². The summed E-state index contributed by atoms with van der Waals surface area (Å²) < 4.78 is 0.718. The molecule has 0 bridgehead atoms. The molecule has 3 aromatic carbocycles. The van der Waals surface area contributed by atoms with Gasteiger partial charge >= 0.3 is 5.72 Å². The van der Waals surface area contributed by atoms with Gasteiger partial charge in [-0.2, -0.15) is 4.74 Å². The van der Waals surface area contributed by atoms with E-state index >= 15 is 0 Å². The lowest BCUT2D eigenvalue weighted by atomic mass is 9.90. The Kier molecular flexibility index (Phi) is 3.94. The molecule has 0 aromatic heterocycles. The summed E-state index contributed by atoms with van der Waals surface area (Å²) in [5, 5.41) is 24.8. The van der Waals surface area contributed by atoms with Crippen molar-refractivity contribution >= 4 is 11.3 Å². The van der Waals surface area contributed by atoms with Crippen molar-refractivity contribution in [3.05, 3.63) is 118 Å². The maximum absolute atomic E-state index is 13.3. The molecule has 3 nitrogen and oxygen atoms in total. The molecule has 3 aromatic rings. The van der Waals surface area contributed by atoms with E-state index in [2.05, 4.69) is 0 Å². The molecule has 0 amide bonds. The summed E-state index contributed by atoms with van der Waals surface area (Å²) in [6.07, 6.45) is 1.79. The second-order valence-electron chi connectivity index (χ2n) is 6.51. The smallest absolute Gasteiger partial charge is 0.330 e. The molecular formula is C23H19NO2. The Balaban J connectivity index is 1.94. The molecule has 0 saturated heterocycles. The van der Waals surface area contributed by atoms with E-state index in [1.54, 1.807) is 18.2 Å². The summed E-state index contributed by atoms with van der Waals surface area (Å²) in [7, 11) is 0. The van der Waals surface area contributed by atoms with Gasteiger partial charge in [0.25, 0.3) is 0 Å². The second-order valence-corrected chi connectivity index (χ2v) is 6.51. The molecule has 0 fully saturated rings. The van der Waals surface area contributed by atoms with Crippen LogP contribution >= 0.6 is 0 Å². The van der Waals surface area contributed by atoms with Crippen molar-refractivity contribution < 1.29 is 9.85 Å². The highest BCUT2D eigenvalue weighted by Gasteiger charge is 2.49. The normalized spacial score (nSPS) is 19.5. The maximum Gasteiger partial charge on any atom is 0.330 e. The van der Waals surface area contributed by atoms with E-state index < -0.39 is 5.72 Å². The van der Waals surface area contributed by atoms with Gasteiger partial charge in [0.15, 0.2) is 0 Å². The van der Waals surface area contributed by atoms with Crippen molar-refractivity contribution in [3.63, 3.8) is 0 Å². The molecule has 0 saturated carbocycles. The number of hydrogen-bond donors (Lipinski definition) is 1. The van der Waals surface area contributed by atoms with Crippen molar-refractivity contribution in [2.45, 2.75) is 12.6 Å². The van der Waals surface area contributed by atoms with Gasteiger partial charge in [0.2, 0.25) is 5.71 Å². The molecule has 1 heterocycles. The molecular weight excluding hydrogens is 322 g/mol. The Hall–Kier alpha value is -3.17. The molecule has 1 aliphatic heterocycles. The van der Waals surface area contributed by atoms with Gasteiger partial charge in [-0.25, -0.2) is 0 Å². The van der Waals surface area contributed by atoms with Crippen LogP contribution in [0, 0.1) is 12.1 Å². The van der Waals surface area contributed by atoms with Crippen LogP contribution in [-0.4, -0.2) is 15.6 Å². The fraction of sp³-hybridized carbons (Fsp3) is 0.0870. The topological polar surface area (TPSA) is 46.3 Å². The largest absolute Gasteiger partial charge is 0.621 e. The lowest BCUT2D eigenvalue weighted by Crippen LogP contribution is -2.36. The van der Waals surface area contributed by atoms with Crippen molar-refractivity contribution in [3.8, 4) is 0 Å². The predicted octanol–water partition coefficient (Wildman–Crippen LogP) is 4.24. The number of rotatable bonds is 3. The average molecular weight is 341 g/mol. The van der Waals surface area contributed by atoms with E-state index in [-0.39, 0.29) is 0 Å². The Morgan fingerprint density at radius 2 is 1.35 bits per heavy atom. The Labute approximate surface area is 152 Å². The first-order valence-electron chi connectivity index (χ1n) is 8.57. The van der Waals surface area contributed by atoms with Gasteiger partial charge in [-0.3, -0.25) is 0 Å². The summed E-state index contributed by atoms with van der Waals surface area (Å²) in [4.78, 5) is 0. The predicted molar refractivity (Wildman–Crippen MR) is 104 cm³/mol. The lowest BCUT2D eigenvalue weighted by molar-refractivity contribution is -0.591. The van der Waals surface area contributed by atoms with E-state index in [1.807, 2.05) is 79.7 Å². The highest BCUT2D eigenvalue weighted by Crippen LogP contribution is 2.41. The number of aliphatic hydroxyl groups is 1. The van der Waals surface area contributed by atoms with Crippen LogP contribution in [0.4, 0.5) is 0 Å². The Morgan fingerprint density at radius 3 is 1.96 bits per heavy atom. The van der Waals surface area contributed by atoms with Gasteiger partial charge in [0, 0.05) is 11.6 Å². The van der Waals surface area contributed by atoms with Gasteiger partial charge < -0.3 is 10.3 Å². The highest BCUT2D eigenvalue weighted by atomic mass is 16.5. The Morgan fingerprint density at radius 1 is 0.769 bits per heavy atom. The minimum absolute atomic E-state index is 0.454. The number of hydroxylamine groups is 1. The van der Waals surface area contributed by atoms with E-state index in [4.69, 9.17) is 0 Å². The zero-order chi connectivity index (χ0) is 18.1. The number of nitrogens with zero attached hydrogens (tertiary/aromatic N) is 1. The van der Waals surface area contributed by atoms with Crippen molar-refractivity contribution in [1.82, 2.24) is 0 Å². The van der Waals surface area contributed by atoms with E-state index in [9.17, 15) is 10.3 Å². The van der Waals surface area contributed by atoms with Crippen LogP contribution in [0.2, 0.25) is 0 Å². The van der Waals surface area contributed by atoms with Crippen LogP contribution < -0.4 is 0 Å². The molecule has 1 unspecified atom stereocenters. The van der Waals surface area contributed by atoms with Crippen LogP contribution in [0.25, 0.3) is 5.57 Å². The summed E-state index contributed by atoms with van der Waals surface area (Å²) in [5.41, 5.74) is 2.54. The Bertz CT molecular complexity index is 989. The lowest BCUT2D eigenvalue weighted by Gasteiger charge is -2.26. The number of allylic oxidation sites excluding steroid dienone is 1. The molecule has 1 atom stereocenters. The van der Waals surface area contributed by atoms with E-state index in [1.165, 1.54) is 0 Å². The van der Waals surface area contributed by atoms with Gasteiger partial charge in [-0.1, -0.05) is 66.2 Å². The summed E-state index contributed by atoms with van der Waals surface area (Å²) in [6, 6.07) is 26.4. The van der Waals surface area contributed by atoms with E-state index in [0.717, 1.165) is 21.4 Å². The summed E-state index contributed by atoms with van der Waals surface area (Å²) in [5.74, 6) is 0. The monoisotopic (exact) mass is 341 g/mol. The van der Waals surface area contributed by atoms with Crippen molar-refractivity contribution in [2.75, 3.05) is 0 Å². The van der Waals surface area contributed by atoms with Crippen LogP contribution in [0.5, 0.6) is 0 Å². The first-order valence-corrected chi connectivity index (χ1v) is 8.57. The molecule has 0 spiro atoms. The quantitative estimate of drug-likeness (QED) is 0.572. The highest BCUT2D eigenvalue weighted by molar-refractivity contribution is 6.12. The number of benzene rings is 3. The molecule has 0 radical (unpaired) electrons. The maximum atomic E-state index is 13.3. The van der Waals surface area contributed by atoms with E-state index in [0.29, 0.717) is 16.8 Å². The van der Waals surface area contributed by atoms with Crippen LogP contribution in [0.1, 0.15) is 22.3 Å². The van der Waals surface area contributed by atoms with Gasteiger partial charge in [-0.05, 0) is 36.8 Å². The molecule has 128 valence electrons. The molecule has 1 aliphatic rings.